The quantitative estimate of drug-likeness (QED) is 0.628. The van der Waals surface area contributed by atoms with Gasteiger partial charge in [0, 0.05) is 5.02 Å². The Hall–Kier alpha value is 0.393. The van der Waals surface area contributed by atoms with E-state index in [1.54, 1.807) is 0 Å². The van der Waals surface area contributed by atoms with Crippen molar-refractivity contribution in [2.75, 3.05) is 0 Å². The summed E-state index contributed by atoms with van der Waals surface area (Å²) in [7, 11) is 0. The summed E-state index contributed by atoms with van der Waals surface area (Å²) in [5, 5.41) is 0.794. The Morgan fingerprint density at radius 3 is 1.75 bits per heavy atom. The summed E-state index contributed by atoms with van der Waals surface area (Å²) < 4.78 is 0. The predicted octanol–water partition coefficient (Wildman–Crippen LogP) is 1.16. The molecule has 0 atom stereocenters. The van der Waals surface area contributed by atoms with Crippen molar-refractivity contribution in [1.82, 2.24) is 0 Å². The van der Waals surface area contributed by atoms with Crippen LogP contribution in [-0.2, 0) is 0 Å². The monoisotopic (exact) mass is 324 g/mol. The fourth-order valence-electron chi connectivity index (χ4n) is 0.415. The van der Waals surface area contributed by atoms with Crippen molar-refractivity contribution >= 4 is 37.8 Å². The Balaban J connectivity index is 0.000000490. The van der Waals surface area contributed by atoms with Crippen LogP contribution >= 0.6 is 11.6 Å². The minimum atomic E-state index is 0. The van der Waals surface area contributed by atoms with Crippen molar-refractivity contribution in [3.05, 3.63) is 35.4 Å². The average molecular weight is 325 g/mol. The second-order valence-corrected chi connectivity index (χ2v) is 1.73. The van der Waals surface area contributed by atoms with Gasteiger partial charge in [-0.1, -0.05) is 29.8 Å². The first-order valence-electron chi connectivity index (χ1n) is 2.10. The van der Waals surface area contributed by atoms with Crippen molar-refractivity contribution in [2.24, 2.45) is 0 Å². The molecule has 0 fully saturated rings. The Morgan fingerprint density at radius 2 is 1.50 bits per heavy atom. The van der Waals surface area contributed by atoms with E-state index in [0.717, 1.165) is 5.02 Å². The van der Waals surface area contributed by atoms with Crippen LogP contribution in [-0.4, -0.2) is 26.2 Å². The molecule has 0 heterocycles. The first kappa shape index (κ1) is 8.39. The fraction of sp³-hybridized carbons (Fsp3) is 0. The summed E-state index contributed by atoms with van der Waals surface area (Å²) >= 11 is 5.54. The van der Waals surface area contributed by atoms with Gasteiger partial charge in [0.05, 0.1) is 0 Å². The Bertz CT molecular complexity index is 138. The Labute approximate surface area is 73.0 Å². The molecule has 0 radical (unpaired) electrons. The third-order valence-electron chi connectivity index (χ3n) is 0.733. The first-order chi connectivity index (χ1) is 3.39. The SMILES string of the molecule is Clc1ccccc1.[BiH3]. The van der Waals surface area contributed by atoms with Gasteiger partial charge in [0.25, 0.3) is 0 Å². The summed E-state index contributed by atoms with van der Waals surface area (Å²) in [6.07, 6.45) is 0. The molecule has 0 unspecified atom stereocenters. The third kappa shape index (κ3) is 2.64. The van der Waals surface area contributed by atoms with Crippen LogP contribution in [0.3, 0.4) is 0 Å². The van der Waals surface area contributed by atoms with E-state index < -0.39 is 0 Å². The molecule has 1 aromatic carbocycles. The molecule has 0 aliphatic heterocycles. The van der Waals surface area contributed by atoms with E-state index in [0.29, 0.717) is 0 Å². The standard InChI is InChI=1S/C6H5Cl.Bi.3H/c7-6-4-2-1-3-5-6;;;;/h1-5H;;;;. The van der Waals surface area contributed by atoms with Gasteiger partial charge in [-0.05, 0) is 12.1 Å². The number of benzene rings is 1. The molecule has 1 rings (SSSR count). The van der Waals surface area contributed by atoms with E-state index in [1.807, 2.05) is 30.3 Å². The maximum absolute atomic E-state index is 5.54. The Morgan fingerprint density at radius 1 is 1.00 bits per heavy atom. The van der Waals surface area contributed by atoms with Crippen molar-refractivity contribution in [1.29, 1.82) is 0 Å². The molecule has 0 spiro atoms. The van der Waals surface area contributed by atoms with Crippen LogP contribution in [0.5, 0.6) is 0 Å². The van der Waals surface area contributed by atoms with Crippen LogP contribution < -0.4 is 0 Å². The van der Waals surface area contributed by atoms with Gasteiger partial charge in [-0.15, -0.1) is 0 Å². The molecule has 8 heavy (non-hydrogen) atoms. The summed E-state index contributed by atoms with van der Waals surface area (Å²) in [4.78, 5) is 0. The van der Waals surface area contributed by atoms with Gasteiger partial charge in [-0.25, -0.2) is 0 Å². The molecule has 2 heteroatoms. The molecule has 0 saturated heterocycles. The van der Waals surface area contributed by atoms with E-state index in [9.17, 15) is 0 Å². The molecule has 0 aliphatic carbocycles. The molecular formula is C6H8BiCl. The summed E-state index contributed by atoms with van der Waals surface area (Å²) in [6.45, 7) is 0. The molecule has 0 aromatic heterocycles. The Kier molecular flexibility index (Phi) is 4.50. The maximum atomic E-state index is 5.54. The number of hydrogen-bond acceptors (Lipinski definition) is 0. The molecule has 0 aliphatic rings. The number of halogens is 1. The van der Waals surface area contributed by atoms with E-state index >= 15 is 0 Å². The summed E-state index contributed by atoms with van der Waals surface area (Å²) in [5.41, 5.74) is 0. The van der Waals surface area contributed by atoms with Gasteiger partial charge in [-0.3, -0.25) is 0 Å². The molecule has 0 N–H and O–H groups in total. The zero-order valence-corrected chi connectivity index (χ0v) is 10.7. The second-order valence-electron chi connectivity index (χ2n) is 1.30. The van der Waals surface area contributed by atoms with E-state index in [2.05, 4.69) is 0 Å². The predicted molar refractivity (Wildman–Crippen MR) is 41.4 cm³/mol. The third-order valence-corrected chi connectivity index (χ3v) is 0.985. The topological polar surface area (TPSA) is 0 Å². The van der Waals surface area contributed by atoms with Crippen molar-refractivity contribution in [3.63, 3.8) is 0 Å². The van der Waals surface area contributed by atoms with Gasteiger partial charge >= 0.3 is 26.2 Å². The molecule has 44 valence electrons. The van der Waals surface area contributed by atoms with Crippen molar-refractivity contribution in [3.8, 4) is 0 Å². The van der Waals surface area contributed by atoms with E-state index in [4.69, 9.17) is 11.6 Å². The second kappa shape index (κ2) is 4.29. The molecule has 0 bridgehead atoms. The zero-order valence-electron chi connectivity index (χ0n) is 4.47. The zero-order chi connectivity index (χ0) is 5.11. The average Bonchev–Trinajstić information content (AvgIpc) is 1.69. The van der Waals surface area contributed by atoms with Crippen molar-refractivity contribution < 1.29 is 0 Å². The van der Waals surface area contributed by atoms with Crippen LogP contribution in [0.15, 0.2) is 30.3 Å². The van der Waals surface area contributed by atoms with Gasteiger partial charge in [0.1, 0.15) is 0 Å². The number of hydrogen-bond donors (Lipinski definition) is 0. The van der Waals surface area contributed by atoms with Crippen LogP contribution in [0.4, 0.5) is 0 Å². The minimum absolute atomic E-state index is 0. The van der Waals surface area contributed by atoms with Crippen LogP contribution in [0.25, 0.3) is 0 Å². The first-order valence-corrected chi connectivity index (χ1v) is 2.48. The number of rotatable bonds is 0. The van der Waals surface area contributed by atoms with Crippen LogP contribution in [0, 0.1) is 0 Å². The molecule has 1 aromatic rings. The van der Waals surface area contributed by atoms with Crippen LogP contribution in [0.1, 0.15) is 0 Å². The summed E-state index contributed by atoms with van der Waals surface area (Å²) in [6, 6.07) is 9.44. The van der Waals surface area contributed by atoms with E-state index in [-0.39, 0.29) is 26.2 Å². The fourth-order valence-corrected chi connectivity index (χ4v) is 0.560. The van der Waals surface area contributed by atoms with E-state index in [1.165, 1.54) is 0 Å². The molecular weight excluding hydrogens is 316 g/mol. The van der Waals surface area contributed by atoms with Gasteiger partial charge < -0.3 is 0 Å². The van der Waals surface area contributed by atoms with Crippen LogP contribution in [0.2, 0.25) is 5.02 Å². The van der Waals surface area contributed by atoms with Gasteiger partial charge in [-0.2, -0.15) is 0 Å². The van der Waals surface area contributed by atoms with Crippen molar-refractivity contribution in [2.45, 2.75) is 0 Å². The molecule has 0 nitrogen and oxygen atoms in total. The summed E-state index contributed by atoms with van der Waals surface area (Å²) in [5.74, 6) is 0. The van der Waals surface area contributed by atoms with Gasteiger partial charge in [0.15, 0.2) is 0 Å². The molecule has 0 saturated carbocycles. The van der Waals surface area contributed by atoms with Gasteiger partial charge in [0.2, 0.25) is 0 Å². The normalized spacial score (nSPS) is 7.62. The molecule has 0 amide bonds.